The molecule has 2 atom stereocenters. The van der Waals surface area contributed by atoms with Gasteiger partial charge >= 0.3 is 0 Å². The van der Waals surface area contributed by atoms with E-state index in [9.17, 15) is 5.11 Å². The first-order chi connectivity index (χ1) is 9.09. The first-order valence-corrected chi connectivity index (χ1v) is 6.66. The molecule has 2 aromatic rings. The molecule has 0 bridgehead atoms. The van der Waals surface area contributed by atoms with Crippen LogP contribution in [0.25, 0.3) is 0 Å². The average molecular weight is 255 g/mol. The van der Waals surface area contributed by atoms with Gasteiger partial charge in [-0.3, -0.25) is 0 Å². The molecule has 0 aliphatic rings. The second kappa shape index (κ2) is 6.00. The van der Waals surface area contributed by atoms with Crippen LogP contribution in [0.2, 0.25) is 0 Å². The van der Waals surface area contributed by atoms with Crippen LogP contribution in [0.5, 0.6) is 0 Å². The smallest absolute Gasteiger partial charge is 0.0992 e. The molecule has 0 saturated heterocycles. The fourth-order valence-corrected chi connectivity index (χ4v) is 2.11. The summed E-state index contributed by atoms with van der Waals surface area (Å²) < 4.78 is 0. The van der Waals surface area contributed by atoms with Crippen molar-refractivity contribution >= 4 is 0 Å². The predicted molar refractivity (Wildman–Crippen MR) is 78.9 cm³/mol. The van der Waals surface area contributed by atoms with Crippen LogP contribution in [0.4, 0.5) is 0 Å². The van der Waals surface area contributed by atoms with Crippen molar-refractivity contribution in [3.8, 4) is 0 Å². The van der Waals surface area contributed by atoms with E-state index in [1.165, 1.54) is 5.56 Å². The summed E-state index contributed by atoms with van der Waals surface area (Å²) in [5.41, 5.74) is 1.30. The van der Waals surface area contributed by atoms with Crippen molar-refractivity contribution in [3.05, 3.63) is 71.8 Å². The molecule has 0 aliphatic heterocycles. The molecule has 100 valence electrons. The lowest BCUT2D eigenvalue weighted by Crippen LogP contribution is -2.36. The average Bonchev–Trinajstić information content (AvgIpc) is 2.47. The van der Waals surface area contributed by atoms with Gasteiger partial charge in [0, 0.05) is 12.6 Å². The van der Waals surface area contributed by atoms with Gasteiger partial charge < -0.3 is 10.4 Å². The van der Waals surface area contributed by atoms with Crippen LogP contribution in [-0.2, 0) is 5.60 Å². The van der Waals surface area contributed by atoms with Gasteiger partial charge in [0.15, 0.2) is 0 Å². The van der Waals surface area contributed by atoms with Crippen LogP contribution in [0, 0.1) is 0 Å². The molecular weight excluding hydrogens is 234 g/mol. The van der Waals surface area contributed by atoms with Gasteiger partial charge in [0.1, 0.15) is 0 Å². The molecule has 2 rings (SSSR count). The molecule has 0 amide bonds. The second-order valence-electron chi connectivity index (χ2n) is 5.15. The van der Waals surface area contributed by atoms with Gasteiger partial charge in [0.25, 0.3) is 0 Å². The zero-order valence-electron chi connectivity index (χ0n) is 11.5. The minimum absolute atomic E-state index is 0.219. The van der Waals surface area contributed by atoms with Crippen molar-refractivity contribution in [2.24, 2.45) is 0 Å². The Morgan fingerprint density at radius 3 is 2.11 bits per heavy atom. The van der Waals surface area contributed by atoms with E-state index in [1.807, 2.05) is 55.5 Å². The predicted octanol–water partition coefficient (Wildman–Crippen LogP) is 3.24. The highest BCUT2D eigenvalue weighted by atomic mass is 16.3. The van der Waals surface area contributed by atoms with E-state index < -0.39 is 5.60 Å². The number of nitrogens with one attached hydrogen (secondary N) is 1. The minimum atomic E-state index is -0.857. The zero-order chi connectivity index (χ0) is 13.7. The largest absolute Gasteiger partial charge is 0.384 e. The molecule has 2 aromatic carbocycles. The molecule has 0 aromatic heterocycles. The summed E-state index contributed by atoms with van der Waals surface area (Å²) in [6.07, 6.45) is 0. The Hall–Kier alpha value is -1.64. The van der Waals surface area contributed by atoms with Crippen molar-refractivity contribution < 1.29 is 5.11 Å². The van der Waals surface area contributed by atoms with E-state index >= 15 is 0 Å². The van der Waals surface area contributed by atoms with Crippen molar-refractivity contribution in [3.63, 3.8) is 0 Å². The van der Waals surface area contributed by atoms with E-state index in [0.717, 1.165) is 5.56 Å². The SMILES string of the molecule is C[C@H](NCC(C)(O)c1ccccc1)c1ccccc1. The third-order valence-electron chi connectivity index (χ3n) is 3.45. The Morgan fingerprint density at radius 1 is 1.00 bits per heavy atom. The molecule has 0 fully saturated rings. The second-order valence-corrected chi connectivity index (χ2v) is 5.15. The maximum absolute atomic E-state index is 10.5. The van der Waals surface area contributed by atoms with Crippen LogP contribution in [0.15, 0.2) is 60.7 Å². The van der Waals surface area contributed by atoms with Gasteiger partial charge in [0.05, 0.1) is 5.60 Å². The van der Waals surface area contributed by atoms with Gasteiger partial charge in [-0.15, -0.1) is 0 Å². The third kappa shape index (κ3) is 3.66. The molecule has 0 heterocycles. The number of rotatable bonds is 5. The number of hydrogen-bond acceptors (Lipinski definition) is 2. The van der Waals surface area contributed by atoms with Crippen molar-refractivity contribution in [2.75, 3.05) is 6.54 Å². The fourth-order valence-electron chi connectivity index (χ4n) is 2.11. The van der Waals surface area contributed by atoms with Crippen LogP contribution in [0.1, 0.15) is 31.0 Å². The van der Waals surface area contributed by atoms with E-state index in [0.29, 0.717) is 6.54 Å². The summed E-state index contributed by atoms with van der Waals surface area (Å²) in [7, 11) is 0. The Labute approximate surface area is 115 Å². The summed E-state index contributed by atoms with van der Waals surface area (Å²) in [4.78, 5) is 0. The number of benzene rings is 2. The highest BCUT2D eigenvalue weighted by Gasteiger charge is 2.23. The lowest BCUT2D eigenvalue weighted by Gasteiger charge is -2.26. The molecule has 0 saturated carbocycles. The molecule has 2 nitrogen and oxygen atoms in total. The summed E-state index contributed by atoms with van der Waals surface area (Å²) in [6.45, 7) is 4.47. The lowest BCUT2D eigenvalue weighted by atomic mass is 9.95. The highest BCUT2D eigenvalue weighted by molar-refractivity contribution is 5.22. The summed E-state index contributed by atoms with van der Waals surface area (Å²) in [5.74, 6) is 0. The Balaban J connectivity index is 1.99. The van der Waals surface area contributed by atoms with E-state index in [2.05, 4.69) is 24.4 Å². The van der Waals surface area contributed by atoms with Crippen molar-refractivity contribution in [1.82, 2.24) is 5.32 Å². The monoisotopic (exact) mass is 255 g/mol. The van der Waals surface area contributed by atoms with Gasteiger partial charge in [0.2, 0.25) is 0 Å². The molecule has 0 radical (unpaired) electrons. The standard InChI is InChI=1S/C17H21NO/c1-14(15-9-5-3-6-10-15)18-13-17(2,19)16-11-7-4-8-12-16/h3-12,14,18-19H,13H2,1-2H3/t14-,17?/m0/s1. The van der Waals surface area contributed by atoms with E-state index in [1.54, 1.807) is 0 Å². The van der Waals surface area contributed by atoms with E-state index in [-0.39, 0.29) is 6.04 Å². The fraction of sp³-hybridized carbons (Fsp3) is 0.294. The van der Waals surface area contributed by atoms with Gasteiger partial charge in [-0.25, -0.2) is 0 Å². The first-order valence-electron chi connectivity index (χ1n) is 6.66. The van der Waals surface area contributed by atoms with Gasteiger partial charge in [-0.05, 0) is 25.0 Å². The molecule has 0 aliphatic carbocycles. The maximum Gasteiger partial charge on any atom is 0.0992 e. The summed E-state index contributed by atoms with van der Waals surface area (Å²) in [6, 6.07) is 20.2. The lowest BCUT2D eigenvalue weighted by molar-refractivity contribution is 0.0543. The van der Waals surface area contributed by atoms with Crippen LogP contribution in [-0.4, -0.2) is 11.7 Å². The Kier molecular flexibility index (Phi) is 4.35. The van der Waals surface area contributed by atoms with Gasteiger partial charge in [-0.2, -0.15) is 0 Å². The molecule has 2 heteroatoms. The van der Waals surface area contributed by atoms with E-state index in [4.69, 9.17) is 0 Å². The van der Waals surface area contributed by atoms with Crippen LogP contribution >= 0.6 is 0 Å². The third-order valence-corrected chi connectivity index (χ3v) is 3.45. The van der Waals surface area contributed by atoms with Gasteiger partial charge in [-0.1, -0.05) is 60.7 Å². The summed E-state index contributed by atoms with van der Waals surface area (Å²) in [5, 5.41) is 13.9. The molecule has 19 heavy (non-hydrogen) atoms. The molecule has 1 unspecified atom stereocenters. The topological polar surface area (TPSA) is 32.3 Å². The quantitative estimate of drug-likeness (QED) is 0.859. The highest BCUT2D eigenvalue weighted by Crippen LogP contribution is 2.20. The number of hydrogen-bond donors (Lipinski definition) is 2. The molecule has 2 N–H and O–H groups in total. The number of aliphatic hydroxyl groups is 1. The molecule has 0 spiro atoms. The Morgan fingerprint density at radius 2 is 1.53 bits per heavy atom. The maximum atomic E-state index is 10.5. The van der Waals surface area contributed by atoms with Crippen LogP contribution in [0.3, 0.4) is 0 Å². The Bertz CT molecular complexity index is 493. The summed E-state index contributed by atoms with van der Waals surface area (Å²) >= 11 is 0. The molecular formula is C17H21NO. The normalized spacial score (nSPS) is 15.7. The van der Waals surface area contributed by atoms with Crippen LogP contribution < -0.4 is 5.32 Å². The first kappa shape index (κ1) is 13.8. The van der Waals surface area contributed by atoms with Crippen molar-refractivity contribution in [1.29, 1.82) is 0 Å². The minimum Gasteiger partial charge on any atom is -0.384 e. The zero-order valence-corrected chi connectivity index (χ0v) is 11.5. The van der Waals surface area contributed by atoms with Crippen molar-refractivity contribution in [2.45, 2.75) is 25.5 Å².